The fourth-order valence-electron chi connectivity index (χ4n) is 4.81. The SMILES string of the molecule is CC(C)CC(NC(=O)C1CC(NC(=O)C2CCNCC2)CCN1C(=O)c1cccn1C)C(N)=O. The molecule has 34 heavy (non-hydrogen) atoms. The molecule has 0 saturated carbocycles. The minimum atomic E-state index is -0.816. The van der Waals surface area contributed by atoms with Crippen molar-refractivity contribution in [1.29, 1.82) is 0 Å². The Bertz CT molecular complexity index is 892. The third-order valence-electron chi connectivity index (χ3n) is 6.75. The molecule has 1 aromatic heterocycles. The van der Waals surface area contributed by atoms with Gasteiger partial charge < -0.3 is 31.2 Å². The van der Waals surface area contributed by atoms with Crippen LogP contribution in [0.15, 0.2) is 18.3 Å². The van der Waals surface area contributed by atoms with E-state index in [1.165, 1.54) is 0 Å². The highest BCUT2D eigenvalue weighted by Crippen LogP contribution is 2.23. The molecule has 2 fully saturated rings. The maximum Gasteiger partial charge on any atom is 0.271 e. The maximum absolute atomic E-state index is 13.4. The van der Waals surface area contributed by atoms with E-state index < -0.39 is 23.9 Å². The summed E-state index contributed by atoms with van der Waals surface area (Å²) >= 11 is 0. The predicted octanol–water partition coefficient (Wildman–Crippen LogP) is 0.130. The average molecular weight is 475 g/mol. The van der Waals surface area contributed by atoms with Crippen LogP contribution in [0.2, 0.25) is 0 Å². The van der Waals surface area contributed by atoms with Gasteiger partial charge in [0.25, 0.3) is 5.91 Å². The summed E-state index contributed by atoms with van der Waals surface area (Å²) in [4.78, 5) is 53.0. The molecular weight excluding hydrogens is 436 g/mol. The van der Waals surface area contributed by atoms with E-state index in [0.29, 0.717) is 25.1 Å². The van der Waals surface area contributed by atoms with Gasteiger partial charge in [0.15, 0.2) is 0 Å². The molecule has 0 radical (unpaired) electrons. The predicted molar refractivity (Wildman–Crippen MR) is 128 cm³/mol. The van der Waals surface area contributed by atoms with E-state index in [0.717, 1.165) is 25.9 Å². The van der Waals surface area contributed by atoms with E-state index >= 15 is 0 Å². The Kier molecular flexibility index (Phi) is 8.71. The number of amides is 4. The Morgan fingerprint density at radius 1 is 1.15 bits per heavy atom. The lowest BCUT2D eigenvalue weighted by Crippen LogP contribution is -2.60. The highest BCUT2D eigenvalue weighted by molar-refractivity contribution is 5.97. The standard InChI is InChI=1S/C24H38N6O4/c1-15(2)13-18(21(25)31)28-23(33)20-14-17(27-22(32)16-6-9-26-10-7-16)8-12-30(20)24(34)19-5-4-11-29(19)3/h4-5,11,15-18,20,26H,6-10,12-14H2,1-3H3,(H2,25,31)(H,27,32)(H,28,33). The number of hydrogen-bond acceptors (Lipinski definition) is 5. The van der Waals surface area contributed by atoms with Crippen LogP contribution in [0, 0.1) is 11.8 Å². The molecule has 10 nitrogen and oxygen atoms in total. The lowest BCUT2D eigenvalue weighted by molar-refractivity contribution is -0.132. The molecule has 2 aliphatic heterocycles. The van der Waals surface area contributed by atoms with E-state index in [1.54, 1.807) is 34.8 Å². The van der Waals surface area contributed by atoms with Crippen LogP contribution in [0.25, 0.3) is 0 Å². The molecular formula is C24H38N6O4. The molecule has 3 unspecified atom stereocenters. The Morgan fingerprint density at radius 3 is 2.44 bits per heavy atom. The first kappa shape index (κ1) is 25.7. The number of rotatable bonds is 8. The first-order valence-electron chi connectivity index (χ1n) is 12.2. The molecule has 0 bridgehead atoms. The average Bonchev–Trinajstić information content (AvgIpc) is 3.24. The Hall–Kier alpha value is -2.88. The zero-order chi connectivity index (χ0) is 24.8. The molecule has 10 heteroatoms. The lowest BCUT2D eigenvalue weighted by Gasteiger charge is -2.39. The second-order valence-corrected chi connectivity index (χ2v) is 9.87. The van der Waals surface area contributed by atoms with Gasteiger partial charge in [-0.1, -0.05) is 13.8 Å². The van der Waals surface area contributed by atoms with Crippen molar-refractivity contribution >= 4 is 23.6 Å². The van der Waals surface area contributed by atoms with Gasteiger partial charge in [-0.3, -0.25) is 19.2 Å². The normalized spacial score (nSPS) is 22.3. The molecule has 3 heterocycles. The van der Waals surface area contributed by atoms with Gasteiger partial charge in [0, 0.05) is 31.7 Å². The van der Waals surface area contributed by atoms with Crippen LogP contribution < -0.4 is 21.7 Å². The minimum absolute atomic E-state index is 0.00249. The van der Waals surface area contributed by atoms with Crippen molar-refractivity contribution in [2.24, 2.45) is 24.6 Å². The maximum atomic E-state index is 13.4. The fourth-order valence-corrected chi connectivity index (χ4v) is 4.81. The van der Waals surface area contributed by atoms with Gasteiger partial charge in [-0.25, -0.2) is 0 Å². The largest absolute Gasteiger partial charge is 0.368 e. The third kappa shape index (κ3) is 6.37. The zero-order valence-corrected chi connectivity index (χ0v) is 20.4. The van der Waals surface area contributed by atoms with Crippen molar-refractivity contribution in [2.75, 3.05) is 19.6 Å². The molecule has 4 amide bonds. The summed E-state index contributed by atoms with van der Waals surface area (Å²) in [5, 5.41) is 9.13. The summed E-state index contributed by atoms with van der Waals surface area (Å²) in [6, 6.07) is 1.63. The lowest BCUT2D eigenvalue weighted by atomic mass is 9.92. The Balaban J connectivity index is 1.76. The van der Waals surface area contributed by atoms with Gasteiger partial charge in [-0.05, 0) is 63.2 Å². The van der Waals surface area contributed by atoms with Crippen LogP contribution >= 0.6 is 0 Å². The van der Waals surface area contributed by atoms with E-state index in [-0.39, 0.29) is 36.1 Å². The van der Waals surface area contributed by atoms with Crippen molar-refractivity contribution in [1.82, 2.24) is 25.4 Å². The summed E-state index contributed by atoms with van der Waals surface area (Å²) in [6.07, 6.45) is 4.61. The van der Waals surface area contributed by atoms with Crippen molar-refractivity contribution in [3.05, 3.63) is 24.0 Å². The van der Waals surface area contributed by atoms with E-state index in [4.69, 9.17) is 5.73 Å². The highest BCUT2D eigenvalue weighted by Gasteiger charge is 2.39. The number of nitrogens with zero attached hydrogens (tertiary/aromatic N) is 2. The minimum Gasteiger partial charge on any atom is -0.368 e. The van der Waals surface area contributed by atoms with Gasteiger partial charge in [0.1, 0.15) is 17.8 Å². The molecule has 2 aliphatic rings. The summed E-state index contributed by atoms with van der Waals surface area (Å²) in [5.41, 5.74) is 6.01. The summed E-state index contributed by atoms with van der Waals surface area (Å²) in [7, 11) is 1.78. The number of carbonyl (C=O) groups excluding carboxylic acids is 4. The van der Waals surface area contributed by atoms with Crippen LogP contribution in [0.5, 0.6) is 0 Å². The van der Waals surface area contributed by atoms with Gasteiger partial charge in [-0.2, -0.15) is 0 Å². The fraction of sp³-hybridized carbons (Fsp3) is 0.667. The summed E-state index contributed by atoms with van der Waals surface area (Å²) in [5.74, 6) is -1.16. The van der Waals surface area contributed by atoms with Gasteiger partial charge in [-0.15, -0.1) is 0 Å². The second kappa shape index (κ2) is 11.5. The number of carbonyl (C=O) groups is 4. The number of hydrogen-bond donors (Lipinski definition) is 4. The quantitative estimate of drug-likeness (QED) is 0.424. The third-order valence-corrected chi connectivity index (χ3v) is 6.75. The topological polar surface area (TPSA) is 139 Å². The molecule has 0 aliphatic carbocycles. The molecule has 0 spiro atoms. The van der Waals surface area contributed by atoms with E-state index in [9.17, 15) is 19.2 Å². The number of piperidine rings is 2. The number of aryl methyl sites for hydroxylation is 1. The van der Waals surface area contributed by atoms with Crippen molar-refractivity contribution < 1.29 is 19.2 Å². The van der Waals surface area contributed by atoms with Crippen LogP contribution in [-0.2, 0) is 21.4 Å². The van der Waals surface area contributed by atoms with Gasteiger partial charge in [0.2, 0.25) is 17.7 Å². The first-order chi connectivity index (χ1) is 16.2. The number of primary amides is 1. The molecule has 188 valence electrons. The zero-order valence-electron chi connectivity index (χ0n) is 20.4. The van der Waals surface area contributed by atoms with E-state index in [1.807, 2.05) is 13.8 Å². The Morgan fingerprint density at radius 2 is 1.85 bits per heavy atom. The van der Waals surface area contributed by atoms with Gasteiger partial charge in [0.05, 0.1) is 0 Å². The van der Waals surface area contributed by atoms with Crippen LogP contribution in [0.4, 0.5) is 0 Å². The number of nitrogens with two attached hydrogens (primary N) is 1. The molecule has 2 saturated heterocycles. The molecule has 3 atom stereocenters. The van der Waals surface area contributed by atoms with Crippen LogP contribution in [0.3, 0.4) is 0 Å². The first-order valence-corrected chi connectivity index (χ1v) is 12.2. The van der Waals surface area contributed by atoms with Crippen LogP contribution in [-0.4, -0.2) is 70.9 Å². The van der Waals surface area contributed by atoms with E-state index in [2.05, 4.69) is 16.0 Å². The number of aromatic nitrogens is 1. The number of nitrogens with one attached hydrogen (secondary N) is 3. The van der Waals surface area contributed by atoms with Gasteiger partial charge >= 0.3 is 0 Å². The number of likely N-dealkylation sites (tertiary alicyclic amines) is 1. The summed E-state index contributed by atoms with van der Waals surface area (Å²) in [6.45, 7) is 5.85. The van der Waals surface area contributed by atoms with Crippen molar-refractivity contribution in [3.63, 3.8) is 0 Å². The molecule has 5 N–H and O–H groups in total. The smallest absolute Gasteiger partial charge is 0.271 e. The highest BCUT2D eigenvalue weighted by atomic mass is 16.2. The Labute approximate surface area is 201 Å². The second-order valence-electron chi connectivity index (χ2n) is 9.87. The molecule has 0 aromatic carbocycles. The summed E-state index contributed by atoms with van der Waals surface area (Å²) < 4.78 is 1.72. The van der Waals surface area contributed by atoms with Crippen molar-refractivity contribution in [2.45, 2.75) is 64.1 Å². The van der Waals surface area contributed by atoms with Crippen LogP contribution in [0.1, 0.15) is 56.4 Å². The molecule has 3 rings (SSSR count). The monoisotopic (exact) mass is 474 g/mol. The van der Waals surface area contributed by atoms with Crippen molar-refractivity contribution in [3.8, 4) is 0 Å². The molecule has 1 aromatic rings.